The van der Waals surface area contributed by atoms with Crippen molar-refractivity contribution in [1.29, 1.82) is 0 Å². The van der Waals surface area contributed by atoms with Crippen LogP contribution in [0.1, 0.15) is 151 Å². The van der Waals surface area contributed by atoms with Crippen molar-refractivity contribution in [3.05, 3.63) is 0 Å². The third-order valence-corrected chi connectivity index (χ3v) is 8.78. The highest BCUT2D eigenvalue weighted by atomic mass is 16.7. The second-order valence-electron chi connectivity index (χ2n) is 12.1. The Morgan fingerprint density at radius 3 is 1.34 bits per heavy atom. The van der Waals surface area contributed by atoms with Crippen molar-refractivity contribution in [3.8, 4) is 0 Å². The summed E-state index contributed by atoms with van der Waals surface area (Å²) in [6.07, 6.45) is 11.1. The molecule has 240 valence electrons. The molecule has 4 unspecified atom stereocenters. The van der Waals surface area contributed by atoms with E-state index in [1.807, 2.05) is 0 Å². The van der Waals surface area contributed by atoms with E-state index in [9.17, 15) is 29.4 Å². The van der Waals surface area contributed by atoms with Crippen LogP contribution in [0.5, 0.6) is 0 Å². The van der Waals surface area contributed by atoms with Crippen molar-refractivity contribution in [1.82, 2.24) is 0 Å². The third kappa shape index (κ3) is 13.6. The van der Waals surface area contributed by atoms with Gasteiger partial charge in [-0.3, -0.25) is 14.4 Å². The molecule has 0 aliphatic heterocycles. The Kier molecular flexibility index (Phi) is 19.6. The molecule has 4 N–H and O–H groups in total. The molecule has 4 atom stereocenters. The van der Waals surface area contributed by atoms with Crippen LogP contribution >= 0.6 is 0 Å². The molecule has 0 bridgehead atoms. The normalized spacial score (nSPS) is 16.6. The lowest BCUT2D eigenvalue weighted by Gasteiger charge is -2.41. The lowest BCUT2D eigenvalue weighted by Crippen LogP contribution is -2.51. The minimum atomic E-state index is -2.62. The number of carboxylic acids is 2. The molecule has 0 spiro atoms. The van der Waals surface area contributed by atoms with Crippen molar-refractivity contribution in [2.45, 2.75) is 156 Å². The average molecular weight is 586 g/mol. The van der Waals surface area contributed by atoms with Crippen molar-refractivity contribution in [2.75, 3.05) is 0 Å². The van der Waals surface area contributed by atoms with Crippen LogP contribution in [-0.4, -0.2) is 39.7 Å². The van der Waals surface area contributed by atoms with Gasteiger partial charge in [-0.2, -0.15) is 5.90 Å². The molecule has 0 rings (SSSR count). The van der Waals surface area contributed by atoms with Gasteiger partial charge in [-0.1, -0.05) is 119 Å². The number of aliphatic carboxylic acids is 2. The van der Waals surface area contributed by atoms with Gasteiger partial charge in [0, 0.05) is 0 Å². The Hall–Kier alpha value is -2.16. The second kappa shape index (κ2) is 20.7. The molecule has 0 aromatic rings. The van der Waals surface area contributed by atoms with Crippen molar-refractivity contribution in [3.63, 3.8) is 0 Å². The maximum atomic E-state index is 14.6. The number of esters is 1. The van der Waals surface area contributed by atoms with Gasteiger partial charge in [0.1, 0.15) is 0 Å². The molecular weight excluding hydrogens is 526 g/mol. The number of hydrogen-bond acceptors (Lipinski definition) is 7. The summed E-state index contributed by atoms with van der Waals surface area (Å²) >= 11 is 0. The predicted molar refractivity (Wildman–Crippen MR) is 160 cm³/mol. The number of ether oxygens (including phenoxy) is 1. The Labute approximate surface area is 248 Å². The molecule has 0 aliphatic rings. The first-order valence-electron chi connectivity index (χ1n) is 16.0. The molecule has 0 aliphatic carbocycles. The fraction of sp³-hybridized carbons (Fsp3) is 0.875. The average Bonchev–Trinajstić information content (AvgIpc) is 2.94. The molecule has 0 amide bonds. The first kappa shape index (κ1) is 38.8. The topological polar surface area (TPSA) is 153 Å². The molecular formula is C32H59NO8. The Morgan fingerprint density at radius 2 is 1.07 bits per heavy atom. The van der Waals surface area contributed by atoms with E-state index in [4.69, 9.17) is 10.6 Å². The van der Waals surface area contributed by atoms with E-state index < -0.39 is 47.7 Å². The van der Waals surface area contributed by atoms with Gasteiger partial charge in [0.05, 0.1) is 18.3 Å². The summed E-state index contributed by atoms with van der Waals surface area (Å²) in [7, 11) is 0. The molecule has 9 heteroatoms. The van der Waals surface area contributed by atoms with Crippen LogP contribution in [0.4, 0.5) is 0 Å². The van der Waals surface area contributed by atoms with Crippen LogP contribution in [0.3, 0.4) is 0 Å². The monoisotopic (exact) mass is 585 g/mol. The number of carboxylic acid groups (broad SMARTS) is 2. The third-order valence-electron chi connectivity index (χ3n) is 8.78. The lowest BCUT2D eigenvalue weighted by molar-refractivity contribution is -0.195. The lowest BCUT2D eigenvalue weighted by atomic mass is 9.65. The van der Waals surface area contributed by atoms with Gasteiger partial charge in [0.2, 0.25) is 5.60 Å². The fourth-order valence-electron chi connectivity index (χ4n) is 6.12. The number of rotatable bonds is 25. The van der Waals surface area contributed by atoms with E-state index in [-0.39, 0.29) is 17.8 Å². The summed E-state index contributed by atoms with van der Waals surface area (Å²) in [6, 6.07) is 0. The molecule has 0 radical (unpaired) electrons. The molecule has 0 fully saturated rings. The van der Waals surface area contributed by atoms with E-state index in [2.05, 4.69) is 46.4 Å². The number of hydrogen-bond donors (Lipinski definition) is 3. The quantitative estimate of drug-likeness (QED) is 0.0732. The van der Waals surface area contributed by atoms with Gasteiger partial charge in [-0.05, 0) is 37.0 Å². The summed E-state index contributed by atoms with van der Waals surface area (Å²) < 4.78 is 5.82. The van der Waals surface area contributed by atoms with Crippen LogP contribution in [-0.2, 0) is 28.8 Å². The standard InChI is InChI=1S/C32H59NO8/c1-7-13-16-24(10-4)19-31(20-25(11-5)17-14-8-2,21-26(12-6)18-15-9-3)30(39)40-32(29(37)38,22-27(34)35)23-28(36)41-33/h24-26H,7-23,33H2,1-6H3,(H,34,35)(H,37,38). The summed E-state index contributed by atoms with van der Waals surface area (Å²) in [5.74, 6) is 0.570. The SMILES string of the molecule is CCCCC(CC)CC(CC(CC)CCCC)(CC(CC)CCCC)C(=O)OC(CC(=O)O)(CC(=O)ON)C(=O)O. The molecule has 0 aromatic carbocycles. The van der Waals surface area contributed by atoms with Crippen molar-refractivity contribution in [2.24, 2.45) is 29.1 Å². The highest BCUT2D eigenvalue weighted by Gasteiger charge is 2.52. The Bertz CT molecular complexity index is 740. The molecule has 41 heavy (non-hydrogen) atoms. The highest BCUT2D eigenvalue weighted by Crippen LogP contribution is 2.47. The maximum absolute atomic E-state index is 14.6. The first-order chi connectivity index (χ1) is 19.4. The van der Waals surface area contributed by atoms with Gasteiger partial charge < -0.3 is 19.8 Å². The minimum absolute atomic E-state index is 0.225. The van der Waals surface area contributed by atoms with Gasteiger partial charge in [0.25, 0.3) is 0 Å². The number of carbonyl (C=O) groups is 4. The van der Waals surface area contributed by atoms with E-state index >= 15 is 0 Å². The largest absolute Gasteiger partial charge is 0.481 e. The fourth-order valence-corrected chi connectivity index (χ4v) is 6.12. The number of nitrogens with two attached hydrogens (primary N) is 1. The second-order valence-corrected chi connectivity index (χ2v) is 12.1. The molecule has 0 saturated heterocycles. The van der Waals surface area contributed by atoms with E-state index in [0.717, 1.165) is 77.0 Å². The van der Waals surface area contributed by atoms with E-state index in [1.165, 1.54) is 0 Å². The zero-order valence-electron chi connectivity index (χ0n) is 26.7. The van der Waals surface area contributed by atoms with Crippen LogP contribution in [0, 0.1) is 23.2 Å². The van der Waals surface area contributed by atoms with Crippen LogP contribution in [0.25, 0.3) is 0 Å². The van der Waals surface area contributed by atoms with Gasteiger partial charge >= 0.3 is 23.9 Å². The van der Waals surface area contributed by atoms with Gasteiger partial charge in [0.15, 0.2) is 0 Å². The summed E-state index contributed by atoms with van der Waals surface area (Å²) in [5.41, 5.74) is -3.63. The zero-order chi connectivity index (χ0) is 31.5. The minimum Gasteiger partial charge on any atom is -0.481 e. The molecule has 0 aromatic heterocycles. The van der Waals surface area contributed by atoms with E-state index in [1.54, 1.807) is 0 Å². The van der Waals surface area contributed by atoms with Crippen molar-refractivity contribution >= 4 is 23.9 Å². The number of unbranched alkanes of at least 4 members (excludes halogenated alkanes) is 3. The summed E-state index contributed by atoms with van der Waals surface area (Å²) in [5, 5.41) is 19.8. The van der Waals surface area contributed by atoms with E-state index in [0.29, 0.717) is 19.3 Å². The first-order valence-corrected chi connectivity index (χ1v) is 16.0. The van der Waals surface area contributed by atoms with Crippen LogP contribution in [0.15, 0.2) is 0 Å². The van der Waals surface area contributed by atoms with Gasteiger partial charge in [-0.15, -0.1) is 0 Å². The Morgan fingerprint density at radius 1 is 0.683 bits per heavy atom. The smallest absolute Gasteiger partial charge is 0.349 e. The zero-order valence-corrected chi connectivity index (χ0v) is 26.7. The molecule has 9 nitrogen and oxygen atoms in total. The maximum Gasteiger partial charge on any atom is 0.349 e. The van der Waals surface area contributed by atoms with Crippen LogP contribution in [0.2, 0.25) is 0 Å². The molecule has 0 heterocycles. The molecule has 0 saturated carbocycles. The van der Waals surface area contributed by atoms with Gasteiger partial charge in [-0.25, -0.2) is 4.79 Å². The highest BCUT2D eigenvalue weighted by molar-refractivity contribution is 5.92. The summed E-state index contributed by atoms with van der Waals surface area (Å²) in [6.45, 7) is 12.7. The predicted octanol–water partition coefficient (Wildman–Crippen LogP) is 7.44. The number of carbonyl (C=O) groups excluding carboxylic acids is 2. The van der Waals surface area contributed by atoms with Crippen LogP contribution < -0.4 is 5.90 Å². The van der Waals surface area contributed by atoms with Crippen molar-refractivity contribution < 1.29 is 39.0 Å². The Balaban J connectivity index is 7.07. The summed E-state index contributed by atoms with van der Waals surface area (Å²) in [4.78, 5) is 55.3.